The third kappa shape index (κ3) is 4.10. The smallest absolute Gasteiger partial charge is 0.259 e. The summed E-state index contributed by atoms with van der Waals surface area (Å²) in [6, 6.07) is 34.8. The molecule has 0 aliphatic carbocycles. The number of rotatable bonds is 5. The zero-order chi connectivity index (χ0) is 22.8. The van der Waals surface area contributed by atoms with Gasteiger partial charge in [0.15, 0.2) is 0 Å². The highest BCUT2D eigenvalue weighted by Crippen LogP contribution is 2.39. The van der Waals surface area contributed by atoms with Crippen LogP contribution in [0.2, 0.25) is 0 Å². The maximum absolute atomic E-state index is 13.9. The Balaban J connectivity index is 1.67. The topological polar surface area (TPSA) is 37.4 Å². The second kappa shape index (κ2) is 8.72. The first kappa shape index (κ1) is 21.2. The minimum Gasteiger partial charge on any atom is -0.259 e. The highest BCUT2D eigenvalue weighted by atomic mass is 32.2. The average Bonchev–Trinajstić information content (AvgIpc) is 3.23. The molecule has 0 fully saturated rings. The van der Waals surface area contributed by atoms with Crippen molar-refractivity contribution in [1.29, 1.82) is 0 Å². The quantitative estimate of drug-likeness (QED) is 0.360. The van der Waals surface area contributed by atoms with E-state index < -0.39 is 10.0 Å². The number of aryl methyl sites for hydroxylation is 1. The molecule has 0 N–H and O–H groups in total. The van der Waals surface area contributed by atoms with Crippen LogP contribution in [0.3, 0.4) is 0 Å². The third-order valence-corrected chi connectivity index (χ3v) is 7.92. The van der Waals surface area contributed by atoms with Crippen molar-refractivity contribution in [3.8, 4) is 0 Å². The second-order valence-electron chi connectivity index (χ2n) is 8.33. The van der Waals surface area contributed by atoms with E-state index in [9.17, 15) is 8.42 Å². The number of anilines is 1. The zero-order valence-electron chi connectivity index (χ0n) is 18.4. The summed E-state index contributed by atoms with van der Waals surface area (Å²) in [5.41, 5.74) is 5.97. The Kier molecular flexibility index (Phi) is 5.61. The van der Waals surface area contributed by atoms with Crippen molar-refractivity contribution in [2.75, 3.05) is 4.31 Å². The Hall–Kier alpha value is -3.63. The Bertz CT molecular complexity index is 1350. The molecular formula is C29H25NO2S. The first-order chi connectivity index (χ1) is 16.0. The van der Waals surface area contributed by atoms with Crippen LogP contribution >= 0.6 is 0 Å². The first-order valence-electron chi connectivity index (χ1n) is 11.1. The second-order valence-corrected chi connectivity index (χ2v) is 10.1. The average molecular weight is 452 g/mol. The van der Waals surface area contributed by atoms with Gasteiger partial charge in [-0.15, -0.1) is 0 Å². The van der Waals surface area contributed by atoms with Crippen LogP contribution in [0.1, 0.15) is 22.3 Å². The fourth-order valence-electron chi connectivity index (χ4n) is 4.43. The molecular weight excluding hydrogens is 426 g/mol. The maximum atomic E-state index is 13.9. The number of fused-ring (bicyclic) bond motifs is 1. The Morgan fingerprint density at radius 2 is 1.30 bits per heavy atom. The van der Waals surface area contributed by atoms with Gasteiger partial charge in [-0.05, 0) is 53.8 Å². The van der Waals surface area contributed by atoms with Crippen molar-refractivity contribution in [1.82, 2.24) is 0 Å². The van der Waals surface area contributed by atoms with Gasteiger partial charge in [-0.3, -0.25) is 4.31 Å². The number of benzene rings is 4. The molecule has 3 nitrogen and oxygen atoms in total. The van der Waals surface area contributed by atoms with Crippen molar-refractivity contribution in [2.45, 2.75) is 24.3 Å². The molecule has 0 saturated carbocycles. The molecule has 5 rings (SSSR count). The number of hydrogen-bond acceptors (Lipinski definition) is 2. The highest BCUT2D eigenvalue weighted by Gasteiger charge is 2.37. The molecule has 0 spiro atoms. The van der Waals surface area contributed by atoms with E-state index in [0.29, 0.717) is 11.3 Å². The van der Waals surface area contributed by atoms with E-state index in [1.807, 2.05) is 79.7 Å². The van der Waals surface area contributed by atoms with Crippen molar-refractivity contribution in [3.63, 3.8) is 0 Å². The van der Waals surface area contributed by atoms with Crippen molar-refractivity contribution in [3.05, 3.63) is 138 Å². The zero-order valence-corrected chi connectivity index (χ0v) is 19.2. The van der Waals surface area contributed by atoms with E-state index in [0.717, 1.165) is 33.5 Å². The van der Waals surface area contributed by atoms with E-state index >= 15 is 0 Å². The predicted molar refractivity (Wildman–Crippen MR) is 135 cm³/mol. The minimum absolute atomic E-state index is 0.309. The molecule has 1 atom stereocenters. The first-order valence-corrected chi connectivity index (χ1v) is 12.5. The van der Waals surface area contributed by atoms with Crippen LogP contribution in [-0.4, -0.2) is 14.5 Å². The van der Waals surface area contributed by atoms with Crippen molar-refractivity contribution in [2.24, 2.45) is 0 Å². The molecule has 0 aromatic heterocycles. The minimum atomic E-state index is -3.74. The molecule has 4 aromatic carbocycles. The third-order valence-electron chi connectivity index (χ3n) is 6.07. The Morgan fingerprint density at radius 3 is 1.91 bits per heavy atom. The molecule has 1 unspecified atom stereocenters. The summed E-state index contributed by atoms with van der Waals surface area (Å²) in [6.45, 7) is 1.96. The Morgan fingerprint density at radius 1 is 0.758 bits per heavy atom. The molecule has 0 bridgehead atoms. The molecule has 0 radical (unpaired) electrons. The van der Waals surface area contributed by atoms with Gasteiger partial charge in [0.1, 0.15) is 0 Å². The lowest BCUT2D eigenvalue weighted by molar-refractivity contribution is 0.588. The molecule has 0 saturated heterocycles. The number of sulfonamides is 1. The van der Waals surface area contributed by atoms with Gasteiger partial charge in [-0.2, -0.15) is 0 Å². The van der Waals surface area contributed by atoms with Crippen LogP contribution in [0.25, 0.3) is 5.57 Å². The fraction of sp³-hybridized carbons (Fsp3) is 0.103. The van der Waals surface area contributed by atoms with Crippen molar-refractivity contribution < 1.29 is 8.42 Å². The number of nitrogens with zero attached hydrogens (tertiary/aromatic N) is 1. The SMILES string of the molecule is Cc1ccc(S(=O)(=O)N2c3ccccc3CC2C=C(c2ccccc2)c2ccccc2)cc1. The van der Waals surface area contributed by atoms with E-state index in [1.54, 1.807) is 16.4 Å². The van der Waals surface area contributed by atoms with Crippen LogP contribution in [0, 0.1) is 6.92 Å². The van der Waals surface area contributed by atoms with E-state index in [4.69, 9.17) is 0 Å². The monoisotopic (exact) mass is 451 g/mol. The predicted octanol–water partition coefficient (Wildman–Crippen LogP) is 6.25. The van der Waals surface area contributed by atoms with Gasteiger partial charge in [0.2, 0.25) is 0 Å². The summed E-state index contributed by atoms with van der Waals surface area (Å²) in [7, 11) is -3.74. The molecule has 0 amide bonds. The molecule has 33 heavy (non-hydrogen) atoms. The van der Waals surface area contributed by atoms with Crippen LogP contribution < -0.4 is 4.31 Å². The van der Waals surface area contributed by atoms with E-state index in [2.05, 4.69) is 30.3 Å². The summed E-state index contributed by atoms with van der Waals surface area (Å²) >= 11 is 0. The molecule has 1 heterocycles. The van der Waals surface area contributed by atoms with Crippen LogP contribution in [-0.2, 0) is 16.4 Å². The summed E-state index contributed by atoms with van der Waals surface area (Å²) in [5, 5.41) is 0. The molecule has 4 aromatic rings. The fourth-order valence-corrected chi connectivity index (χ4v) is 6.07. The van der Waals surface area contributed by atoms with Gasteiger partial charge in [0, 0.05) is 0 Å². The van der Waals surface area contributed by atoms with Crippen molar-refractivity contribution >= 4 is 21.3 Å². The van der Waals surface area contributed by atoms with Gasteiger partial charge < -0.3 is 0 Å². The summed E-state index contributed by atoms with van der Waals surface area (Å²) in [5.74, 6) is 0. The molecule has 164 valence electrons. The molecule has 1 aliphatic heterocycles. The van der Waals surface area contributed by atoms with E-state index in [1.165, 1.54) is 0 Å². The lowest BCUT2D eigenvalue weighted by Gasteiger charge is -2.26. The van der Waals surface area contributed by atoms with Crippen LogP contribution in [0.4, 0.5) is 5.69 Å². The summed E-state index contributed by atoms with van der Waals surface area (Å²) in [4.78, 5) is 0.309. The van der Waals surface area contributed by atoms with Crippen LogP contribution in [0.15, 0.2) is 120 Å². The van der Waals surface area contributed by atoms with Gasteiger partial charge in [-0.1, -0.05) is 103 Å². The highest BCUT2D eigenvalue weighted by molar-refractivity contribution is 7.92. The molecule has 1 aliphatic rings. The summed E-state index contributed by atoms with van der Waals surface area (Å²) < 4.78 is 29.3. The maximum Gasteiger partial charge on any atom is 0.264 e. The molecule has 4 heteroatoms. The van der Waals surface area contributed by atoms with Gasteiger partial charge in [0.05, 0.1) is 16.6 Å². The lowest BCUT2D eigenvalue weighted by Crippen LogP contribution is -2.36. The lowest BCUT2D eigenvalue weighted by atomic mass is 9.95. The normalized spacial score (nSPS) is 15.2. The van der Waals surface area contributed by atoms with Crippen LogP contribution in [0.5, 0.6) is 0 Å². The largest absolute Gasteiger partial charge is 0.264 e. The van der Waals surface area contributed by atoms with Gasteiger partial charge >= 0.3 is 0 Å². The number of para-hydroxylation sites is 1. The standard InChI is InChI=1S/C29H25NO2S/c1-22-16-18-27(19-17-22)33(31,32)30-26(20-25-14-8-9-15-29(25)30)21-28(23-10-4-2-5-11-23)24-12-6-3-7-13-24/h2-19,21,26H,20H2,1H3. The Labute approximate surface area is 195 Å². The number of hydrogen-bond donors (Lipinski definition) is 0. The van der Waals surface area contributed by atoms with E-state index in [-0.39, 0.29) is 6.04 Å². The van der Waals surface area contributed by atoms with Gasteiger partial charge in [0.25, 0.3) is 10.0 Å². The van der Waals surface area contributed by atoms with Gasteiger partial charge in [-0.25, -0.2) is 8.42 Å². The summed E-state index contributed by atoms with van der Waals surface area (Å²) in [6.07, 6.45) is 2.74.